The summed E-state index contributed by atoms with van der Waals surface area (Å²) in [5.74, 6) is 0.281. The second-order valence-corrected chi connectivity index (χ2v) is 6.11. The molecule has 1 fully saturated rings. The van der Waals surface area contributed by atoms with Crippen molar-refractivity contribution in [1.29, 1.82) is 5.26 Å². The van der Waals surface area contributed by atoms with Crippen molar-refractivity contribution in [1.82, 2.24) is 10.6 Å². The van der Waals surface area contributed by atoms with Crippen LogP contribution in [0.5, 0.6) is 0 Å². The zero-order valence-electron chi connectivity index (χ0n) is 13.4. The maximum absolute atomic E-state index is 13.6. The molecule has 1 aromatic carbocycles. The molecule has 1 aliphatic rings. The third kappa shape index (κ3) is 4.67. The molecule has 0 saturated carbocycles. The molecule has 6 heteroatoms. The average molecular weight is 319 g/mol. The van der Waals surface area contributed by atoms with Crippen molar-refractivity contribution in [2.24, 2.45) is 11.8 Å². The molecule has 5 nitrogen and oxygen atoms in total. The Hall–Kier alpha value is -2.13. The van der Waals surface area contributed by atoms with Gasteiger partial charge in [-0.25, -0.2) is 9.18 Å². The number of amides is 2. The van der Waals surface area contributed by atoms with Crippen molar-refractivity contribution in [2.45, 2.75) is 32.9 Å². The van der Waals surface area contributed by atoms with Gasteiger partial charge in [0.15, 0.2) is 0 Å². The number of carbonyl (C=O) groups excluding carboxylic acids is 1. The SMILES string of the molecule is CC(C)[C@@H]1OCC[C@@H]1CNC(=O)NCc1cc(C#N)ccc1F. The van der Waals surface area contributed by atoms with Crippen molar-refractivity contribution in [3.63, 3.8) is 0 Å². The number of halogens is 1. The van der Waals surface area contributed by atoms with Gasteiger partial charge in [-0.15, -0.1) is 0 Å². The fourth-order valence-corrected chi connectivity index (χ4v) is 2.85. The number of urea groups is 1. The molecule has 1 aliphatic heterocycles. The van der Waals surface area contributed by atoms with Crippen molar-refractivity contribution in [3.05, 3.63) is 35.1 Å². The largest absolute Gasteiger partial charge is 0.378 e. The quantitative estimate of drug-likeness (QED) is 0.876. The maximum Gasteiger partial charge on any atom is 0.315 e. The Labute approximate surface area is 135 Å². The predicted molar refractivity (Wildman–Crippen MR) is 84.0 cm³/mol. The summed E-state index contributed by atoms with van der Waals surface area (Å²) in [6, 6.07) is 5.69. The minimum atomic E-state index is -0.437. The maximum atomic E-state index is 13.6. The first kappa shape index (κ1) is 17.2. The topological polar surface area (TPSA) is 74.2 Å². The summed E-state index contributed by atoms with van der Waals surface area (Å²) < 4.78 is 19.3. The molecule has 0 aliphatic carbocycles. The van der Waals surface area contributed by atoms with E-state index in [1.807, 2.05) is 6.07 Å². The number of hydrogen-bond donors (Lipinski definition) is 2. The van der Waals surface area contributed by atoms with Gasteiger partial charge in [0.25, 0.3) is 0 Å². The summed E-state index contributed by atoms with van der Waals surface area (Å²) in [5, 5.41) is 14.3. The second kappa shape index (κ2) is 7.93. The van der Waals surface area contributed by atoms with E-state index in [1.165, 1.54) is 18.2 Å². The molecule has 0 unspecified atom stereocenters. The number of benzene rings is 1. The predicted octanol–water partition coefficient (Wildman–Crippen LogP) is 2.56. The number of rotatable bonds is 5. The van der Waals surface area contributed by atoms with Gasteiger partial charge in [0.2, 0.25) is 0 Å². The number of hydrogen-bond acceptors (Lipinski definition) is 3. The van der Waals surface area contributed by atoms with Crippen LogP contribution in [0, 0.1) is 29.0 Å². The Morgan fingerprint density at radius 3 is 2.96 bits per heavy atom. The van der Waals surface area contributed by atoms with Crippen LogP contribution in [-0.2, 0) is 11.3 Å². The van der Waals surface area contributed by atoms with Crippen molar-refractivity contribution in [3.8, 4) is 6.07 Å². The molecule has 0 aromatic heterocycles. The van der Waals surface area contributed by atoms with E-state index in [0.717, 1.165) is 13.0 Å². The van der Waals surface area contributed by atoms with E-state index in [0.29, 0.717) is 29.5 Å². The summed E-state index contributed by atoms with van der Waals surface area (Å²) in [4.78, 5) is 11.9. The molecule has 2 N–H and O–H groups in total. The standard InChI is InChI=1S/C17H22FN3O2/c1-11(2)16-13(5-6-23-16)9-20-17(22)21-10-14-7-12(8-19)3-4-15(14)18/h3-4,7,11,13,16H,5-6,9-10H2,1-2H3,(H2,20,21,22)/t13-,16+/m1/s1. The Kier molecular flexibility index (Phi) is 5.94. The lowest BCUT2D eigenvalue weighted by atomic mass is 9.93. The van der Waals surface area contributed by atoms with Crippen LogP contribution in [0.2, 0.25) is 0 Å². The van der Waals surface area contributed by atoms with Gasteiger partial charge >= 0.3 is 6.03 Å². The summed E-state index contributed by atoms with van der Waals surface area (Å²) in [6.45, 7) is 5.52. The van der Waals surface area contributed by atoms with E-state index in [9.17, 15) is 9.18 Å². The highest BCUT2D eigenvalue weighted by Gasteiger charge is 2.30. The van der Waals surface area contributed by atoms with Gasteiger partial charge in [-0.3, -0.25) is 0 Å². The molecule has 1 heterocycles. The first-order chi connectivity index (χ1) is 11.0. The normalized spacial score (nSPS) is 20.3. The average Bonchev–Trinajstić information content (AvgIpc) is 3.01. The van der Waals surface area contributed by atoms with E-state index < -0.39 is 5.82 Å². The van der Waals surface area contributed by atoms with E-state index in [-0.39, 0.29) is 18.7 Å². The zero-order valence-corrected chi connectivity index (χ0v) is 13.4. The van der Waals surface area contributed by atoms with Gasteiger partial charge in [0.05, 0.1) is 17.7 Å². The van der Waals surface area contributed by atoms with Crippen LogP contribution in [0.15, 0.2) is 18.2 Å². The van der Waals surface area contributed by atoms with Crippen molar-refractivity contribution in [2.75, 3.05) is 13.2 Å². The number of nitrogens with one attached hydrogen (secondary N) is 2. The molecule has 0 bridgehead atoms. The lowest BCUT2D eigenvalue weighted by molar-refractivity contribution is 0.0545. The first-order valence-corrected chi connectivity index (χ1v) is 7.83. The minimum Gasteiger partial charge on any atom is -0.378 e. The molecular weight excluding hydrogens is 297 g/mol. The Morgan fingerprint density at radius 2 is 2.26 bits per heavy atom. The van der Waals surface area contributed by atoms with E-state index >= 15 is 0 Å². The second-order valence-electron chi connectivity index (χ2n) is 6.11. The highest BCUT2D eigenvalue weighted by molar-refractivity contribution is 5.73. The van der Waals surface area contributed by atoms with E-state index in [4.69, 9.17) is 10.00 Å². The summed E-state index contributed by atoms with van der Waals surface area (Å²) >= 11 is 0. The van der Waals surface area contributed by atoms with Crippen LogP contribution >= 0.6 is 0 Å². The lowest BCUT2D eigenvalue weighted by Crippen LogP contribution is -2.40. The third-order valence-electron chi connectivity index (χ3n) is 4.06. The number of nitrogens with zero attached hydrogens (tertiary/aromatic N) is 1. The fraction of sp³-hybridized carbons (Fsp3) is 0.529. The van der Waals surface area contributed by atoms with Gasteiger partial charge in [-0.1, -0.05) is 13.8 Å². The molecule has 1 saturated heterocycles. The van der Waals surface area contributed by atoms with Crippen LogP contribution in [0.4, 0.5) is 9.18 Å². The Balaban J connectivity index is 1.81. The van der Waals surface area contributed by atoms with Gasteiger partial charge in [-0.05, 0) is 30.5 Å². The summed E-state index contributed by atoms with van der Waals surface area (Å²) in [6.07, 6.45) is 1.10. The van der Waals surface area contributed by atoms with Crippen LogP contribution in [0.3, 0.4) is 0 Å². The number of carbonyl (C=O) groups is 1. The highest BCUT2D eigenvalue weighted by Crippen LogP contribution is 2.26. The van der Waals surface area contributed by atoms with Crippen molar-refractivity contribution >= 4 is 6.03 Å². The highest BCUT2D eigenvalue weighted by atomic mass is 19.1. The molecule has 2 amide bonds. The summed E-state index contributed by atoms with van der Waals surface area (Å²) in [7, 11) is 0. The van der Waals surface area contributed by atoms with Crippen LogP contribution in [0.25, 0.3) is 0 Å². The van der Waals surface area contributed by atoms with Gasteiger partial charge in [0.1, 0.15) is 5.82 Å². The number of nitriles is 1. The van der Waals surface area contributed by atoms with Crippen LogP contribution in [-0.4, -0.2) is 25.3 Å². The molecule has 2 rings (SSSR count). The molecule has 1 aromatic rings. The van der Waals surface area contributed by atoms with Gasteiger partial charge < -0.3 is 15.4 Å². The monoisotopic (exact) mass is 319 g/mol. The minimum absolute atomic E-state index is 0.0436. The third-order valence-corrected chi connectivity index (χ3v) is 4.06. The fourth-order valence-electron chi connectivity index (χ4n) is 2.85. The smallest absolute Gasteiger partial charge is 0.315 e. The van der Waals surface area contributed by atoms with E-state index in [1.54, 1.807) is 0 Å². The summed E-state index contributed by atoms with van der Waals surface area (Å²) in [5.41, 5.74) is 0.662. The Bertz CT molecular complexity index is 598. The zero-order chi connectivity index (χ0) is 16.8. The van der Waals surface area contributed by atoms with E-state index in [2.05, 4.69) is 24.5 Å². The molecule has 0 radical (unpaired) electrons. The van der Waals surface area contributed by atoms with Crippen LogP contribution in [0.1, 0.15) is 31.4 Å². The lowest BCUT2D eigenvalue weighted by Gasteiger charge is -2.22. The molecular formula is C17H22FN3O2. The van der Waals surface area contributed by atoms with Crippen molar-refractivity contribution < 1.29 is 13.9 Å². The molecule has 0 spiro atoms. The van der Waals surface area contributed by atoms with Crippen LogP contribution < -0.4 is 10.6 Å². The van der Waals surface area contributed by atoms with Gasteiger partial charge in [0, 0.05) is 31.2 Å². The molecule has 124 valence electrons. The first-order valence-electron chi connectivity index (χ1n) is 7.83. The van der Waals surface area contributed by atoms with Gasteiger partial charge in [-0.2, -0.15) is 5.26 Å². The molecule has 23 heavy (non-hydrogen) atoms. The Morgan fingerprint density at radius 1 is 1.48 bits per heavy atom. The molecule has 2 atom stereocenters. The number of ether oxygens (including phenoxy) is 1.